The quantitative estimate of drug-likeness (QED) is 0.386. The number of halogens is 2. The van der Waals surface area contributed by atoms with Gasteiger partial charge in [-0.1, -0.05) is 35.3 Å². The van der Waals surface area contributed by atoms with Crippen LogP contribution in [0.25, 0.3) is 6.08 Å². The molecule has 2 aromatic rings. The minimum atomic E-state index is -0.478. The maximum Gasteiger partial charge on any atom is 0.338 e. The number of hydrogen-bond donors (Lipinski definition) is 1. The van der Waals surface area contributed by atoms with Gasteiger partial charge in [-0.15, -0.1) is 0 Å². The zero-order valence-electron chi connectivity index (χ0n) is 14.7. The molecule has 0 radical (unpaired) electrons. The van der Waals surface area contributed by atoms with Gasteiger partial charge in [0.05, 0.1) is 12.2 Å². The van der Waals surface area contributed by atoms with Crippen molar-refractivity contribution in [1.82, 2.24) is 0 Å². The lowest BCUT2D eigenvalue weighted by Gasteiger charge is -2.07. The van der Waals surface area contributed by atoms with Crippen molar-refractivity contribution in [1.29, 1.82) is 0 Å². The summed E-state index contributed by atoms with van der Waals surface area (Å²) in [4.78, 5) is 24.1. The molecule has 7 heteroatoms. The minimum absolute atomic E-state index is 0.174. The first-order valence-electron chi connectivity index (χ1n) is 8.28. The van der Waals surface area contributed by atoms with Crippen molar-refractivity contribution in [3.63, 3.8) is 0 Å². The number of nitrogens with one attached hydrogen (secondary N) is 1. The van der Waals surface area contributed by atoms with Gasteiger partial charge in [0.25, 0.3) is 0 Å². The van der Waals surface area contributed by atoms with Gasteiger partial charge in [-0.05, 0) is 48.9 Å². The van der Waals surface area contributed by atoms with Crippen LogP contribution >= 0.6 is 23.2 Å². The van der Waals surface area contributed by atoms with E-state index in [1.807, 2.05) is 6.92 Å². The number of benzene rings is 2. The number of ether oxygens (including phenoxy) is 2. The maximum absolute atomic E-state index is 12.1. The molecule has 0 aliphatic rings. The molecule has 5 nitrogen and oxygen atoms in total. The van der Waals surface area contributed by atoms with Crippen LogP contribution in [0.3, 0.4) is 0 Å². The van der Waals surface area contributed by atoms with E-state index >= 15 is 0 Å². The fraction of sp³-hybridized carbons (Fsp3) is 0.200. The summed E-state index contributed by atoms with van der Waals surface area (Å²) in [5.74, 6) is -0.836. The summed E-state index contributed by atoms with van der Waals surface area (Å²) in [5.41, 5.74) is 1.49. The summed E-state index contributed by atoms with van der Waals surface area (Å²) in [6.07, 6.45) is 2.93. The summed E-state index contributed by atoms with van der Waals surface area (Å²) in [6.45, 7) is 2.95. The largest absolute Gasteiger partial charge is 0.460 e. The van der Waals surface area contributed by atoms with E-state index in [0.717, 1.165) is 0 Å². The van der Waals surface area contributed by atoms with E-state index in [4.69, 9.17) is 32.7 Å². The van der Waals surface area contributed by atoms with Crippen LogP contribution in [0.1, 0.15) is 22.8 Å². The van der Waals surface area contributed by atoms with E-state index in [9.17, 15) is 9.59 Å². The third-order valence-electron chi connectivity index (χ3n) is 3.41. The third kappa shape index (κ3) is 7.06. The Morgan fingerprint density at radius 3 is 2.67 bits per heavy atom. The maximum atomic E-state index is 12.1. The minimum Gasteiger partial charge on any atom is -0.460 e. The Labute approximate surface area is 167 Å². The molecule has 27 heavy (non-hydrogen) atoms. The molecule has 0 fully saturated rings. The standard InChI is InChI=1S/C20H19Cl2NO4/c1-2-26-10-11-27-20(25)15-4-3-5-17(12-15)23-19(24)9-7-14-6-8-16(21)13-18(14)22/h3-9,12-13H,2,10-11H2,1H3,(H,23,24). The first kappa shape index (κ1) is 21.0. The molecular formula is C20H19Cl2NO4. The molecule has 0 unspecified atom stereocenters. The Hall–Kier alpha value is -2.34. The van der Waals surface area contributed by atoms with Crippen LogP contribution in [0.2, 0.25) is 10.0 Å². The normalized spacial score (nSPS) is 10.8. The van der Waals surface area contributed by atoms with Gasteiger partial charge in [0.2, 0.25) is 5.91 Å². The number of hydrogen-bond acceptors (Lipinski definition) is 4. The van der Waals surface area contributed by atoms with Crippen LogP contribution in [0, 0.1) is 0 Å². The number of carbonyl (C=O) groups is 2. The molecular weight excluding hydrogens is 389 g/mol. The van der Waals surface area contributed by atoms with Crippen LogP contribution in [0.15, 0.2) is 48.5 Å². The molecule has 2 rings (SSSR count). The lowest BCUT2D eigenvalue weighted by Crippen LogP contribution is -2.12. The van der Waals surface area contributed by atoms with Crippen LogP contribution < -0.4 is 5.32 Å². The molecule has 142 valence electrons. The van der Waals surface area contributed by atoms with Crippen molar-refractivity contribution in [3.8, 4) is 0 Å². The van der Waals surface area contributed by atoms with E-state index in [-0.39, 0.29) is 12.5 Å². The summed E-state index contributed by atoms with van der Waals surface area (Å²) < 4.78 is 10.2. The second-order valence-electron chi connectivity index (χ2n) is 5.40. The molecule has 0 bridgehead atoms. The molecule has 0 atom stereocenters. The zero-order valence-corrected chi connectivity index (χ0v) is 16.2. The zero-order chi connectivity index (χ0) is 19.6. The Kier molecular flexibility index (Phi) is 8.33. The lowest BCUT2D eigenvalue weighted by atomic mass is 10.2. The molecule has 0 aliphatic heterocycles. The van der Waals surface area contributed by atoms with Gasteiger partial charge in [0.1, 0.15) is 6.61 Å². The predicted octanol–water partition coefficient (Wildman–Crippen LogP) is 4.84. The van der Waals surface area contributed by atoms with Gasteiger partial charge >= 0.3 is 5.97 Å². The highest BCUT2D eigenvalue weighted by molar-refractivity contribution is 6.35. The summed E-state index contributed by atoms with van der Waals surface area (Å²) in [5, 5.41) is 3.65. The number of rotatable bonds is 8. The Bertz CT molecular complexity index is 836. The fourth-order valence-corrected chi connectivity index (χ4v) is 2.60. The molecule has 0 spiro atoms. The molecule has 1 amide bonds. The van der Waals surface area contributed by atoms with E-state index in [1.54, 1.807) is 48.5 Å². The second-order valence-corrected chi connectivity index (χ2v) is 6.25. The molecule has 1 N–H and O–H groups in total. The van der Waals surface area contributed by atoms with E-state index in [0.29, 0.717) is 40.1 Å². The smallest absolute Gasteiger partial charge is 0.338 e. The average Bonchev–Trinajstić information content (AvgIpc) is 2.64. The van der Waals surface area contributed by atoms with Gasteiger partial charge in [0.15, 0.2) is 0 Å². The third-order valence-corrected chi connectivity index (χ3v) is 3.97. The van der Waals surface area contributed by atoms with Crippen LogP contribution in [0.4, 0.5) is 5.69 Å². The van der Waals surface area contributed by atoms with Crippen LogP contribution in [0.5, 0.6) is 0 Å². The Balaban J connectivity index is 1.95. The van der Waals surface area contributed by atoms with Gasteiger partial charge in [-0.2, -0.15) is 0 Å². The molecule has 0 heterocycles. The van der Waals surface area contributed by atoms with Crippen molar-refractivity contribution < 1.29 is 19.1 Å². The highest BCUT2D eigenvalue weighted by Gasteiger charge is 2.08. The predicted molar refractivity (Wildman–Crippen MR) is 107 cm³/mol. The molecule has 0 aromatic heterocycles. The van der Waals surface area contributed by atoms with Crippen molar-refractivity contribution >= 4 is 46.8 Å². The molecule has 0 saturated carbocycles. The SMILES string of the molecule is CCOCCOC(=O)c1cccc(NC(=O)C=Cc2ccc(Cl)cc2Cl)c1. The fourth-order valence-electron chi connectivity index (χ4n) is 2.13. The molecule has 0 saturated heterocycles. The first-order chi connectivity index (χ1) is 13.0. The van der Waals surface area contributed by atoms with E-state index in [1.165, 1.54) is 6.08 Å². The van der Waals surface area contributed by atoms with Gasteiger partial charge in [-0.3, -0.25) is 4.79 Å². The topological polar surface area (TPSA) is 64.6 Å². The summed E-state index contributed by atoms with van der Waals surface area (Å²) >= 11 is 11.9. The van der Waals surface area contributed by atoms with Crippen molar-refractivity contribution in [3.05, 3.63) is 69.7 Å². The molecule has 0 aliphatic carbocycles. The van der Waals surface area contributed by atoms with Gasteiger partial charge in [0, 0.05) is 28.4 Å². The van der Waals surface area contributed by atoms with Crippen molar-refractivity contribution in [2.24, 2.45) is 0 Å². The first-order valence-corrected chi connectivity index (χ1v) is 9.04. The molecule has 2 aromatic carbocycles. The van der Waals surface area contributed by atoms with Gasteiger partial charge < -0.3 is 14.8 Å². The van der Waals surface area contributed by atoms with Crippen LogP contribution in [-0.2, 0) is 14.3 Å². The van der Waals surface area contributed by atoms with E-state index < -0.39 is 5.97 Å². The summed E-state index contributed by atoms with van der Waals surface area (Å²) in [7, 11) is 0. The number of anilines is 1. The monoisotopic (exact) mass is 407 g/mol. The lowest BCUT2D eigenvalue weighted by molar-refractivity contribution is -0.111. The van der Waals surface area contributed by atoms with Crippen LogP contribution in [-0.4, -0.2) is 31.7 Å². The average molecular weight is 408 g/mol. The second kappa shape index (κ2) is 10.7. The summed E-state index contributed by atoms with van der Waals surface area (Å²) in [6, 6.07) is 11.5. The van der Waals surface area contributed by atoms with Gasteiger partial charge in [-0.25, -0.2) is 4.79 Å². The number of amides is 1. The van der Waals surface area contributed by atoms with Crippen molar-refractivity contribution in [2.75, 3.05) is 25.1 Å². The Morgan fingerprint density at radius 1 is 1.11 bits per heavy atom. The Morgan fingerprint density at radius 2 is 1.93 bits per heavy atom. The van der Waals surface area contributed by atoms with E-state index in [2.05, 4.69) is 5.32 Å². The number of carbonyl (C=O) groups excluding carboxylic acids is 2. The highest BCUT2D eigenvalue weighted by Crippen LogP contribution is 2.22. The van der Waals surface area contributed by atoms with Crippen molar-refractivity contribution in [2.45, 2.75) is 6.92 Å². The number of esters is 1. The highest BCUT2D eigenvalue weighted by atomic mass is 35.5.